The van der Waals surface area contributed by atoms with Gasteiger partial charge in [0.25, 0.3) is 0 Å². The number of fused-ring (bicyclic) bond motifs is 3. The average Bonchev–Trinajstić information content (AvgIpc) is 3.57. The lowest BCUT2D eigenvalue weighted by atomic mass is 9.90. The molecule has 1 heterocycles. The Labute approximate surface area is 303 Å². The van der Waals surface area contributed by atoms with Gasteiger partial charge in [-0.1, -0.05) is 121 Å². The summed E-state index contributed by atoms with van der Waals surface area (Å²) in [6, 6.07) is 65.5. The molecule has 0 aliphatic heterocycles. The first-order valence-corrected chi connectivity index (χ1v) is 18.4. The van der Waals surface area contributed by atoms with Gasteiger partial charge in [0.05, 0.1) is 0 Å². The molecular formula is C48H36N2S. The lowest BCUT2D eigenvalue weighted by molar-refractivity contribution is 1.07. The first-order chi connectivity index (χ1) is 25.3. The summed E-state index contributed by atoms with van der Waals surface area (Å²) in [5.41, 5.74) is 12.3. The van der Waals surface area contributed by atoms with Crippen LogP contribution >= 0.6 is 11.3 Å². The van der Waals surface area contributed by atoms with Gasteiger partial charge in [-0.2, -0.15) is 0 Å². The summed E-state index contributed by atoms with van der Waals surface area (Å²) < 4.78 is 2.55. The lowest BCUT2D eigenvalue weighted by Gasteiger charge is -2.26. The number of hydrogen-bond acceptors (Lipinski definition) is 3. The zero-order valence-corrected chi connectivity index (χ0v) is 29.0. The molecule has 1 aliphatic carbocycles. The van der Waals surface area contributed by atoms with E-state index < -0.39 is 0 Å². The summed E-state index contributed by atoms with van der Waals surface area (Å²) in [4.78, 5) is 4.70. The van der Waals surface area contributed by atoms with Gasteiger partial charge in [0.1, 0.15) is 0 Å². The Morgan fingerprint density at radius 1 is 0.333 bits per heavy atom. The van der Waals surface area contributed by atoms with E-state index in [0.717, 1.165) is 47.0 Å². The Morgan fingerprint density at radius 2 is 0.686 bits per heavy atom. The molecule has 0 radical (unpaired) electrons. The van der Waals surface area contributed by atoms with E-state index in [4.69, 9.17) is 0 Å². The summed E-state index contributed by atoms with van der Waals surface area (Å²) in [5, 5.41) is 2.57. The molecule has 51 heavy (non-hydrogen) atoms. The van der Waals surface area contributed by atoms with E-state index in [2.05, 4.69) is 204 Å². The van der Waals surface area contributed by atoms with Crippen molar-refractivity contribution in [1.29, 1.82) is 0 Å². The minimum Gasteiger partial charge on any atom is -0.310 e. The fourth-order valence-electron chi connectivity index (χ4n) is 7.25. The first kappa shape index (κ1) is 30.9. The third-order valence-corrected chi connectivity index (χ3v) is 10.9. The van der Waals surface area contributed by atoms with Crippen molar-refractivity contribution in [2.24, 2.45) is 0 Å². The highest BCUT2D eigenvalue weighted by Gasteiger charge is 2.18. The summed E-state index contributed by atoms with van der Waals surface area (Å²) in [5.74, 6) is 0. The van der Waals surface area contributed by atoms with E-state index in [0.29, 0.717) is 0 Å². The number of thiophene rings is 1. The fourth-order valence-corrected chi connectivity index (χ4v) is 8.43. The zero-order valence-electron chi connectivity index (χ0n) is 28.2. The fraction of sp³-hybridized carbons (Fsp3) is 0.0417. The zero-order chi connectivity index (χ0) is 34.0. The molecule has 0 atom stereocenters. The molecule has 3 heteroatoms. The Kier molecular flexibility index (Phi) is 8.25. The van der Waals surface area contributed by atoms with Crippen LogP contribution in [-0.2, 0) is 0 Å². The molecule has 8 aromatic rings. The third kappa shape index (κ3) is 6.14. The van der Waals surface area contributed by atoms with Crippen molar-refractivity contribution in [1.82, 2.24) is 0 Å². The van der Waals surface area contributed by atoms with Crippen molar-refractivity contribution in [3.8, 4) is 0 Å². The second-order valence-electron chi connectivity index (χ2n) is 12.9. The lowest BCUT2D eigenvalue weighted by Crippen LogP contribution is -2.09. The number of nitrogens with zero attached hydrogens (tertiary/aromatic N) is 2. The predicted octanol–water partition coefficient (Wildman–Crippen LogP) is 14.3. The topological polar surface area (TPSA) is 6.48 Å². The van der Waals surface area contributed by atoms with E-state index in [9.17, 15) is 0 Å². The summed E-state index contributed by atoms with van der Waals surface area (Å²) in [6.45, 7) is 0. The number of para-hydroxylation sites is 3. The number of anilines is 6. The van der Waals surface area contributed by atoms with Crippen LogP contribution in [0.25, 0.3) is 31.3 Å². The molecule has 0 saturated heterocycles. The van der Waals surface area contributed by atoms with Crippen molar-refractivity contribution in [3.05, 3.63) is 205 Å². The molecule has 9 rings (SSSR count). The van der Waals surface area contributed by atoms with Crippen molar-refractivity contribution in [2.45, 2.75) is 12.8 Å². The molecule has 0 spiro atoms. The number of allylic oxidation sites excluding steroid dienone is 4. The number of hydrogen-bond donors (Lipinski definition) is 0. The molecule has 0 saturated carbocycles. The van der Waals surface area contributed by atoms with Crippen LogP contribution in [0.15, 0.2) is 194 Å². The SMILES string of the molecule is C1=C(c2ccccc2)CCC(c2ccc(N(c3ccccc3)c3ccc4c(c3)sc3cc(N(c5ccccc5)c5ccccc5)ccc34)cc2)=C1. The van der Waals surface area contributed by atoms with Crippen LogP contribution in [0.2, 0.25) is 0 Å². The maximum absolute atomic E-state index is 2.37. The first-order valence-electron chi connectivity index (χ1n) is 17.6. The maximum Gasteiger partial charge on any atom is 0.0476 e. The van der Waals surface area contributed by atoms with Crippen LogP contribution in [0.3, 0.4) is 0 Å². The highest BCUT2D eigenvalue weighted by atomic mass is 32.1. The molecule has 0 unspecified atom stereocenters. The van der Waals surface area contributed by atoms with E-state index >= 15 is 0 Å². The van der Waals surface area contributed by atoms with Crippen LogP contribution in [0, 0.1) is 0 Å². The Hall–Kier alpha value is -6.16. The van der Waals surface area contributed by atoms with Crippen molar-refractivity contribution >= 4 is 76.8 Å². The van der Waals surface area contributed by atoms with E-state index in [1.165, 1.54) is 42.4 Å². The monoisotopic (exact) mass is 672 g/mol. The van der Waals surface area contributed by atoms with Gasteiger partial charge in [0.15, 0.2) is 0 Å². The van der Waals surface area contributed by atoms with Gasteiger partial charge in [-0.05, 0) is 108 Å². The van der Waals surface area contributed by atoms with Gasteiger partial charge in [-0.3, -0.25) is 0 Å². The molecule has 0 amide bonds. The molecule has 0 bridgehead atoms. The van der Waals surface area contributed by atoms with Gasteiger partial charge in [0.2, 0.25) is 0 Å². The van der Waals surface area contributed by atoms with Crippen LogP contribution < -0.4 is 9.80 Å². The normalized spacial score (nSPS) is 12.8. The Bertz CT molecular complexity index is 2460. The molecule has 0 N–H and O–H groups in total. The molecule has 1 aromatic heterocycles. The van der Waals surface area contributed by atoms with Crippen LogP contribution in [0.1, 0.15) is 24.0 Å². The second kappa shape index (κ2) is 13.6. The van der Waals surface area contributed by atoms with Crippen LogP contribution in [0.4, 0.5) is 34.1 Å². The molecule has 0 fully saturated rings. The summed E-state index contributed by atoms with van der Waals surface area (Å²) >= 11 is 1.86. The Morgan fingerprint density at radius 3 is 1.10 bits per heavy atom. The maximum atomic E-state index is 2.37. The van der Waals surface area contributed by atoms with Crippen molar-refractivity contribution < 1.29 is 0 Å². The molecule has 1 aliphatic rings. The van der Waals surface area contributed by atoms with Gasteiger partial charge in [-0.15, -0.1) is 11.3 Å². The van der Waals surface area contributed by atoms with Gasteiger partial charge in [0, 0.05) is 54.3 Å². The van der Waals surface area contributed by atoms with E-state index in [-0.39, 0.29) is 0 Å². The number of benzene rings is 7. The van der Waals surface area contributed by atoms with E-state index in [1.807, 2.05) is 11.3 Å². The summed E-state index contributed by atoms with van der Waals surface area (Å²) in [7, 11) is 0. The highest BCUT2D eigenvalue weighted by molar-refractivity contribution is 7.25. The highest BCUT2D eigenvalue weighted by Crippen LogP contribution is 2.43. The standard InChI is InChI=1S/C48H36N2S/c1-5-13-35(14-6-1)36-21-23-37(24-22-36)38-25-27-42(28-26-38)50(41-19-11-4-12-20-41)44-30-32-46-45-31-29-43(33-47(45)51-48(46)34-44)49(39-15-7-2-8-16-39)40-17-9-3-10-18-40/h1-21,23,25-34H,22,24H2. The smallest absolute Gasteiger partial charge is 0.0476 e. The summed E-state index contributed by atoms with van der Waals surface area (Å²) in [6.07, 6.45) is 6.69. The largest absolute Gasteiger partial charge is 0.310 e. The second-order valence-corrected chi connectivity index (χ2v) is 14.0. The molecule has 2 nitrogen and oxygen atoms in total. The van der Waals surface area contributed by atoms with Crippen LogP contribution in [-0.4, -0.2) is 0 Å². The van der Waals surface area contributed by atoms with Crippen molar-refractivity contribution in [3.63, 3.8) is 0 Å². The van der Waals surface area contributed by atoms with Gasteiger partial charge in [-0.25, -0.2) is 0 Å². The minimum atomic E-state index is 1.04. The predicted molar refractivity (Wildman–Crippen MR) is 220 cm³/mol. The third-order valence-electron chi connectivity index (χ3n) is 9.79. The van der Waals surface area contributed by atoms with Crippen LogP contribution in [0.5, 0.6) is 0 Å². The van der Waals surface area contributed by atoms with Crippen molar-refractivity contribution in [2.75, 3.05) is 9.80 Å². The minimum absolute atomic E-state index is 1.04. The van der Waals surface area contributed by atoms with E-state index in [1.54, 1.807) is 0 Å². The molecule has 7 aromatic carbocycles. The molecular weight excluding hydrogens is 637 g/mol. The van der Waals surface area contributed by atoms with Gasteiger partial charge < -0.3 is 9.80 Å². The average molecular weight is 673 g/mol. The quantitative estimate of drug-likeness (QED) is 0.158. The Balaban J connectivity index is 1.07. The van der Waals surface area contributed by atoms with Gasteiger partial charge >= 0.3 is 0 Å². The number of rotatable bonds is 8. The molecule has 244 valence electrons.